The molecule has 0 bridgehead atoms. The maximum Gasteiger partial charge on any atom is 0.254 e. The number of hydrogen-bond donors (Lipinski definition) is 0. The van der Waals surface area contributed by atoms with Gasteiger partial charge in [0.05, 0.1) is 17.7 Å². The van der Waals surface area contributed by atoms with Crippen molar-refractivity contribution < 1.29 is 4.79 Å². The van der Waals surface area contributed by atoms with Crippen LogP contribution in [0.15, 0.2) is 48.5 Å². The van der Waals surface area contributed by atoms with Crippen molar-refractivity contribution in [3.05, 3.63) is 65.2 Å². The van der Waals surface area contributed by atoms with E-state index in [-0.39, 0.29) is 5.91 Å². The summed E-state index contributed by atoms with van der Waals surface area (Å²) < 4.78 is 0. The largest absolute Gasteiger partial charge is 0.364 e. The van der Waals surface area contributed by atoms with Crippen molar-refractivity contribution in [2.45, 2.75) is 12.5 Å². The monoisotopic (exact) mass is 303 g/mol. The molecular weight excluding hydrogens is 286 g/mol. The van der Waals surface area contributed by atoms with Crippen LogP contribution < -0.4 is 4.90 Å². The second kappa shape index (κ2) is 5.44. The summed E-state index contributed by atoms with van der Waals surface area (Å²) in [6, 6.07) is 17.9. The molecule has 1 fully saturated rings. The number of fused-ring (bicyclic) bond motifs is 3. The number of para-hydroxylation sites is 1. The van der Waals surface area contributed by atoms with Crippen molar-refractivity contribution in [1.29, 1.82) is 5.26 Å². The lowest BCUT2D eigenvalue weighted by Crippen LogP contribution is -2.53. The number of piperazine rings is 1. The Morgan fingerprint density at radius 3 is 2.87 bits per heavy atom. The van der Waals surface area contributed by atoms with Crippen LogP contribution >= 0.6 is 0 Å². The molecule has 0 saturated carbocycles. The smallest absolute Gasteiger partial charge is 0.254 e. The zero-order valence-corrected chi connectivity index (χ0v) is 12.8. The van der Waals surface area contributed by atoms with Crippen molar-refractivity contribution in [3.63, 3.8) is 0 Å². The van der Waals surface area contributed by atoms with Gasteiger partial charge in [0.2, 0.25) is 0 Å². The molecule has 1 unspecified atom stereocenters. The van der Waals surface area contributed by atoms with Crippen LogP contribution in [0.4, 0.5) is 5.69 Å². The highest BCUT2D eigenvalue weighted by Gasteiger charge is 2.35. The zero-order valence-electron chi connectivity index (χ0n) is 12.8. The Labute approximate surface area is 135 Å². The normalized spacial score (nSPS) is 19.0. The van der Waals surface area contributed by atoms with E-state index >= 15 is 0 Å². The van der Waals surface area contributed by atoms with Gasteiger partial charge in [-0.25, -0.2) is 0 Å². The molecule has 4 nitrogen and oxygen atoms in total. The van der Waals surface area contributed by atoms with E-state index in [4.69, 9.17) is 5.26 Å². The molecule has 2 aliphatic rings. The number of rotatable bonds is 1. The molecule has 0 radical (unpaired) electrons. The molecule has 4 rings (SSSR count). The third-order valence-corrected chi connectivity index (χ3v) is 4.77. The first-order chi connectivity index (χ1) is 11.3. The minimum Gasteiger partial charge on any atom is -0.364 e. The van der Waals surface area contributed by atoms with Crippen LogP contribution in [0.25, 0.3) is 0 Å². The molecule has 114 valence electrons. The van der Waals surface area contributed by atoms with Crippen molar-refractivity contribution in [1.82, 2.24) is 4.90 Å². The Balaban J connectivity index is 1.53. The number of carbonyl (C=O) groups is 1. The van der Waals surface area contributed by atoms with Gasteiger partial charge in [0, 0.05) is 30.9 Å². The van der Waals surface area contributed by atoms with E-state index in [1.165, 1.54) is 11.3 Å². The van der Waals surface area contributed by atoms with Crippen LogP contribution in [0.2, 0.25) is 0 Å². The van der Waals surface area contributed by atoms with E-state index in [1.54, 1.807) is 24.3 Å². The maximum absolute atomic E-state index is 12.7. The van der Waals surface area contributed by atoms with E-state index in [1.807, 2.05) is 4.90 Å². The highest BCUT2D eigenvalue weighted by atomic mass is 16.2. The number of nitriles is 1. The van der Waals surface area contributed by atoms with Gasteiger partial charge in [-0.3, -0.25) is 4.79 Å². The Morgan fingerprint density at radius 1 is 1.13 bits per heavy atom. The lowest BCUT2D eigenvalue weighted by atomic mass is 10.1. The van der Waals surface area contributed by atoms with E-state index in [0.29, 0.717) is 17.2 Å². The SMILES string of the molecule is N#Cc1cccc(C(=O)N2CCN3c4ccccc4CC3C2)c1. The summed E-state index contributed by atoms with van der Waals surface area (Å²) >= 11 is 0. The Morgan fingerprint density at radius 2 is 2.00 bits per heavy atom. The van der Waals surface area contributed by atoms with Gasteiger partial charge < -0.3 is 9.80 Å². The molecule has 2 aromatic carbocycles. The van der Waals surface area contributed by atoms with Crippen LogP contribution in [0.5, 0.6) is 0 Å². The summed E-state index contributed by atoms with van der Waals surface area (Å²) in [4.78, 5) is 17.1. The first-order valence-corrected chi connectivity index (χ1v) is 7.90. The number of amides is 1. The van der Waals surface area contributed by atoms with Gasteiger partial charge in [0.1, 0.15) is 0 Å². The van der Waals surface area contributed by atoms with Gasteiger partial charge in [0.15, 0.2) is 0 Å². The fourth-order valence-corrected chi connectivity index (χ4v) is 3.65. The Kier molecular flexibility index (Phi) is 3.27. The minimum absolute atomic E-state index is 0.0257. The number of anilines is 1. The van der Waals surface area contributed by atoms with E-state index in [9.17, 15) is 4.79 Å². The van der Waals surface area contributed by atoms with Crippen molar-refractivity contribution >= 4 is 11.6 Å². The molecule has 1 saturated heterocycles. The van der Waals surface area contributed by atoms with Crippen molar-refractivity contribution in [2.75, 3.05) is 24.5 Å². The zero-order chi connectivity index (χ0) is 15.8. The Bertz CT molecular complexity index is 808. The van der Waals surface area contributed by atoms with E-state index in [0.717, 1.165) is 26.1 Å². The summed E-state index contributed by atoms with van der Waals surface area (Å²) in [6.45, 7) is 2.33. The van der Waals surface area contributed by atoms with Crippen molar-refractivity contribution in [3.8, 4) is 6.07 Å². The topological polar surface area (TPSA) is 47.3 Å². The molecule has 23 heavy (non-hydrogen) atoms. The summed E-state index contributed by atoms with van der Waals surface area (Å²) in [5, 5.41) is 9.00. The summed E-state index contributed by atoms with van der Waals surface area (Å²) in [5.41, 5.74) is 3.82. The fourth-order valence-electron chi connectivity index (χ4n) is 3.65. The summed E-state index contributed by atoms with van der Waals surface area (Å²) in [6.07, 6.45) is 0.998. The molecule has 0 aromatic heterocycles. The summed E-state index contributed by atoms with van der Waals surface area (Å²) in [7, 11) is 0. The van der Waals surface area contributed by atoms with Crippen molar-refractivity contribution in [2.24, 2.45) is 0 Å². The average Bonchev–Trinajstić information content (AvgIpc) is 2.98. The number of carbonyl (C=O) groups excluding carboxylic acids is 1. The molecule has 0 N–H and O–H groups in total. The number of hydrogen-bond acceptors (Lipinski definition) is 3. The predicted octanol–water partition coefficient (Wildman–Crippen LogP) is 2.45. The first kappa shape index (κ1) is 13.8. The van der Waals surface area contributed by atoms with Crippen LogP contribution in [0.3, 0.4) is 0 Å². The fraction of sp³-hybridized carbons (Fsp3) is 0.263. The molecule has 0 aliphatic carbocycles. The van der Waals surface area contributed by atoms with Crippen LogP contribution in [-0.4, -0.2) is 36.5 Å². The van der Waals surface area contributed by atoms with Crippen LogP contribution in [-0.2, 0) is 6.42 Å². The molecule has 0 spiro atoms. The molecule has 2 aromatic rings. The molecule has 1 amide bonds. The van der Waals surface area contributed by atoms with Gasteiger partial charge in [0.25, 0.3) is 5.91 Å². The van der Waals surface area contributed by atoms with Crippen LogP contribution in [0, 0.1) is 11.3 Å². The summed E-state index contributed by atoms with van der Waals surface area (Å²) in [5.74, 6) is 0.0257. The predicted molar refractivity (Wildman–Crippen MR) is 88.3 cm³/mol. The highest BCUT2D eigenvalue weighted by molar-refractivity contribution is 5.94. The Hall–Kier alpha value is -2.80. The number of benzene rings is 2. The second-order valence-electron chi connectivity index (χ2n) is 6.12. The average molecular weight is 303 g/mol. The molecule has 2 heterocycles. The first-order valence-electron chi connectivity index (χ1n) is 7.90. The third kappa shape index (κ3) is 2.35. The molecular formula is C19H17N3O. The standard InChI is InChI=1S/C19H17N3O/c20-12-14-4-3-6-16(10-14)19(23)21-8-9-22-17(13-21)11-15-5-1-2-7-18(15)22/h1-7,10,17H,8-9,11,13H2. The maximum atomic E-state index is 12.7. The van der Waals surface area contributed by atoms with E-state index in [2.05, 4.69) is 35.2 Å². The minimum atomic E-state index is 0.0257. The van der Waals surface area contributed by atoms with Gasteiger partial charge in [-0.15, -0.1) is 0 Å². The van der Waals surface area contributed by atoms with Gasteiger partial charge in [-0.05, 0) is 36.2 Å². The quantitative estimate of drug-likeness (QED) is 0.813. The molecule has 1 atom stereocenters. The molecule has 4 heteroatoms. The second-order valence-corrected chi connectivity index (χ2v) is 6.12. The third-order valence-electron chi connectivity index (χ3n) is 4.77. The number of nitrogens with zero attached hydrogens (tertiary/aromatic N) is 3. The lowest BCUT2D eigenvalue weighted by molar-refractivity contribution is 0.0725. The lowest BCUT2D eigenvalue weighted by Gasteiger charge is -2.39. The van der Waals surface area contributed by atoms with Gasteiger partial charge >= 0.3 is 0 Å². The van der Waals surface area contributed by atoms with Gasteiger partial charge in [-0.2, -0.15) is 5.26 Å². The highest BCUT2D eigenvalue weighted by Crippen LogP contribution is 2.34. The molecule has 2 aliphatic heterocycles. The van der Waals surface area contributed by atoms with Crippen LogP contribution in [0.1, 0.15) is 21.5 Å². The van der Waals surface area contributed by atoms with E-state index < -0.39 is 0 Å². The van der Waals surface area contributed by atoms with Gasteiger partial charge in [-0.1, -0.05) is 24.3 Å².